The topological polar surface area (TPSA) is 39.4 Å². The first kappa shape index (κ1) is 9.77. The highest BCUT2D eigenvalue weighted by atomic mass is 16.5. The minimum atomic E-state index is -0.346. The first-order chi connectivity index (χ1) is 7.11. The van der Waals surface area contributed by atoms with E-state index in [0.717, 1.165) is 10.9 Å². The van der Waals surface area contributed by atoms with Crippen molar-refractivity contribution in [2.45, 2.75) is 13.8 Å². The minimum Gasteiger partial charge on any atom is -0.496 e. The van der Waals surface area contributed by atoms with E-state index in [2.05, 4.69) is 0 Å². The predicted octanol–water partition coefficient (Wildman–Crippen LogP) is 2.42. The van der Waals surface area contributed by atoms with Gasteiger partial charge in [-0.05, 0) is 36.9 Å². The van der Waals surface area contributed by atoms with Crippen LogP contribution in [0.25, 0.3) is 10.8 Å². The molecule has 0 saturated heterocycles. The standard InChI is InChI=1S/C12H12O3/c1-7-4-9-6-8(2)15-12(13)11(9)10(5-7)14-3/h4-6H,1-3H3. The summed E-state index contributed by atoms with van der Waals surface area (Å²) in [4.78, 5) is 11.6. The lowest BCUT2D eigenvalue weighted by Gasteiger charge is -2.06. The van der Waals surface area contributed by atoms with E-state index in [1.807, 2.05) is 25.1 Å². The number of aryl methyl sites for hydroxylation is 2. The molecule has 0 spiro atoms. The third-order valence-electron chi connectivity index (χ3n) is 2.31. The second-order valence-electron chi connectivity index (χ2n) is 3.58. The Morgan fingerprint density at radius 2 is 1.93 bits per heavy atom. The van der Waals surface area contributed by atoms with E-state index in [4.69, 9.17) is 9.15 Å². The Morgan fingerprint density at radius 3 is 2.60 bits per heavy atom. The molecule has 3 heteroatoms. The Balaban J connectivity index is 2.96. The van der Waals surface area contributed by atoms with Crippen LogP contribution >= 0.6 is 0 Å². The summed E-state index contributed by atoms with van der Waals surface area (Å²) < 4.78 is 10.2. The smallest absolute Gasteiger partial charge is 0.347 e. The van der Waals surface area contributed by atoms with Gasteiger partial charge >= 0.3 is 5.63 Å². The summed E-state index contributed by atoms with van der Waals surface area (Å²) in [5, 5.41) is 1.37. The van der Waals surface area contributed by atoms with Gasteiger partial charge < -0.3 is 9.15 Å². The molecule has 78 valence electrons. The van der Waals surface area contributed by atoms with Crippen molar-refractivity contribution in [1.82, 2.24) is 0 Å². The zero-order valence-corrected chi connectivity index (χ0v) is 8.96. The van der Waals surface area contributed by atoms with E-state index in [0.29, 0.717) is 16.9 Å². The van der Waals surface area contributed by atoms with Gasteiger partial charge in [0.05, 0.1) is 7.11 Å². The number of methoxy groups -OCH3 is 1. The molecule has 0 amide bonds. The van der Waals surface area contributed by atoms with Gasteiger partial charge in [0.15, 0.2) is 0 Å². The molecule has 2 aromatic rings. The third kappa shape index (κ3) is 1.61. The van der Waals surface area contributed by atoms with Crippen molar-refractivity contribution in [2.75, 3.05) is 7.11 Å². The van der Waals surface area contributed by atoms with Gasteiger partial charge in [0.1, 0.15) is 16.9 Å². The quantitative estimate of drug-likeness (QED) is 0.716. The fourth-order valence-corrected chi connectivity index (χ4v) is 1.72. The lowest BCUT2D eigenvalue weighted by molar-refractivity contribution is 0.415. The van der Waals surface area contributed by atoms with E-state index in [1.165, 1.54) is 0 Å². The van der Waals surface area contributed by atoms with Crippen molar-refractivity contribution in [3.63, 3.8) is 0 Å². The molecule has 0 radical (unpaired) electrons. The van der Waals surface area contributed by atoms with Crippen molar-refractivity contribution in [2.24, 2.45) is 0 Å². The Bertz CT molecular complexity index is 562. The average Bonchev–Trinajstić information content (AvgIpc) is 2.14. The molecule has 1 heterocycles. The number of hydrogen-bond acceptors (Lipinski definition) is 3. The monoisotopic (exact) mass is 204 g/mol. The molecule has 1 aromatic carbocycles. The summed E-state index contributed by atoms with van der Waals surface area (Å²) in [6.07, 6.45) is 0. The van der Waals surface area contributed by atoms with Crippen molar-refractivity contribution in [1.29, 1.82) is 0 Å². The van der Waals surface area contributed by atoms with Crippen molar-refractivity contribution >= 4 is 10.8 Å². The number of hydrogen-bond donors (Lipinski definition) is 0. The molecule has 0 aliphatic rings. The summed E-state index contributed by atoms with van der Waals surface area (Å²) in [5.41, 5.74) is 0.714. The molecule has 0 atom stereocenters. The van der Waals surface area contributed by atoms with Crippen LogP contribution in [0.5, 0.6) is 5.75 Å². The molecule has 0 saturated carbocycles. The lowest BCUT2D eigenvalue weighted by atomic mass is 10.1. The van der Waals surface area contributed by atoms with Gasteiger partial charge in [-0.3, -0.25) is 0 Å². The molecular weight excluding hydrogens is 192 g/mol. The summed E-state index contributed by atoms with van der Waals surface area (Å²) >= 11 is 0. The molecule has 0 bridgehead atoms. The Labute approximate surface area is 87.3 Å². The first-order valence-corrected chi connectivity index (χ1v) is 4.71. The SMILES string of the molecule is COc1cc(C)cc2cc(C)oc(=O)c12. The molecular formula is C12H12O3. The molecule has 0 unspecified atom stereocenters. The first-order valence-electron chi connectivity index (χ1n) is 4.71. The molecule has 0 aliphatic heterocycles. The van der Waals surface area contributed by atoms with Crippen LogP contribution in [-0.4, -0.2) is 7.11 Å². The molecule has 2 rings (SSSR count). The highest BCUT2D eigenvalue weighted by molar-refractivity contribution is 5.88. The number of rotatable bonds is 1. The van der Waals surface area contributed by atoms with Crippen molar-refractivity contribution in [3.8, 4) is 5.75 Å². The van der Waals surface area contributed by atoms with Crippen LogP contribution in [0.2, 0.25) is 0 Å². The normalized spacial score (nSPS) is 10.6. The van der Waals surface area contributed by atoms with E-state index in [-0.39, 0.29) is 5.63 Å². The van der Waals surface area contributed by atoms with Crippen LogP contribution in [0, 0.1) is 13.8 Å². The molecule has 15 heavy (non-hydrogen) atoms. The number of fused-ring (bicyclic) bond motifs is 1. The Morgan fingerprint density at radius 1 is 1.20 bits per heavy atom. The molecule has 1 aromatic heterocycles. The maximum Gasteiger partial charge on any atom is 0.347 e. The number of benzene rings is 1. The average molecular weight is 204 g/mol. The second-order valence-corrected chi connectivity index (χ2v) is 3.58. The van der Waals surface area contributed by atoms with Gasteiger partial charge in [0, 0.05) is 0 Å². The van der Waals surface area contributed by atoms with E-state index < -0.39 is 0 Å². The van der Waals surface area contributed by atoms with Crippen LogP contribution in [0.1, 0.15) is 11.3 Å². The Kier molecular flexibility index (Phi) is 2.23. The highest BCUT2D eigenvalue weighted by Crippen LogP contribution is 2.24. The maximum atomic E-state index is 11.6. The molecule has 0 fully saturated rings. The van der Waals surface area contributed by atoms with Crippen molar-refractivity contribution < 1.29 is 9.15 Å². The van der Waals surface area contributed by atoms with Gasteiger partial charge in [-0.15, -0.1) is 0 Å². The van der Waals surface area contributed by atoms with Crippen LogP contribution in [0.3, 0.4) is 0 Å². The lowest BCUT2D eigenvalue weighted by Crippen LogP contribution is -2.03. The van der Waals surface area contributed by atoms with E-state index >= 15 is 0 Å². The van der Waals surface area contributed by atoms with Gasteiger partial charge in [0.2, 0.25) is 0 Å². The van der Waals surface area contributed by atoms with Crippen LogP contribution in [0.4, 0.5) is 0 Å². The van der Waals surface area contributed by atoms with Gasteiger partial charge in [-0.25, -0.2) is 4.79 Å². The highest BCUT2D eigenvalue weighted by Gasteiger charge is 2.08. The van der Waals surface area contributed by atoms with Crippen LogP contribution in [0.15, 0.2) is 27.4 Å². The molecule has 0 N–H and O–H groups in total. The second kappa shape index (κ2) is 3.42. The van der Waals surface area contributed by atoms with Gasteiger partial charge in [0.25, 0.3) is 0 Å². The zero-order chi connectivity index (χ0) is 11.0. The van der Waals surface area contributed by atoms with Crippen molar-refractivity contribution in [3.05, 3.63) is 39.9 Å². The Hall–Kier alpha value is -1.77. The maximum absolute atomic E-state index is 11.6. The minimum absolute atomic E-state index is 0.346. The van der Waals surface area contributed by atoms with Crippen LogP contribution in [-0.2, 0) is 0 Å². The zero-order valence-electron chi connectivity index (χ0n) is 8.96. The summed E-state index contributed by atoms with van der Waals surface area (Å²) in [7, 11) is 1.55. The summed E-state index contributed by atoms with van der Waals surface area (Å²) in [5.74, 6) is 1.18. The molecule has 0 aliphatic carbocycles. The fourth-order valence-electron chi connectivity index (χ4n) is 1.72. The van der Waals surface area contributed by atoms with Gasteiger partial charge in [-0.2, -0.15) is 0 Å². The summed E-state index contributed by atoms with van der Waals surface area (Å²) in [6, 6.07) is 5.61. The largest absolute Gasteiger partial charge is 0.496 e. The van der Waals surface area contributed by atoms with E-state index in [9.17, 15) is 4.79 Å². The molecule has 3 nitrogen and oxygen atoms in total. The van der Waals surface area contributed by atoms with E-state index in [1.54, 1.807) is 14.0 Å². The number of ether oxygens (including phenoxy) is 1. The third-order valence-corrected chi connectivity index (χ3v) is 2.31. The summed E-state index contributed by atoms with van der Waals surface area (Å²) in [6.45, 7) is 3.72. The van der Waals surface area contributed by atoms with Crippen LogP contribution < -0.4 is 10.4 Å². The fraction of sp³-hybridized carbons (Fsp3) is 0.250. The van der Waals surface area contributed by atoms with Gasteiger partial charge in [-0.1, -0.05) is 6.07 Å². The predicted molar refractivity (Wildman–Crippen MR) is 58.5 cm³/mol.